The van der Waals surface area contributed by atoms with Gasteiger partial charge in [-0.25, -0.2) is 0 Å². The average molecular weight is 437 g/mol. The van der Waals surface area contributed by atoms with Gasteiger partial charge in [0.25, 0.3) is 0 Å². The molecule has 0 aromatic rings. The van der Waals surface area contributed by atoms with Crippen molar-refractivity contribution in [2.24, 2.45) is 11.8 Å². The molecule has 6 atom stereocenters. The molecule has 1 spiro atoms. The molecule has 3 aliphatic rings. The molecule has 1 N–H and O–H groups in total. The molecule has 2 bridgehead atoms. The number of amides is 2. The summed E-state index contributed by atoms with van der Waals surface area (Å²) < 4.78 is 11.8. The van der Waals surface area contributed by atoms with Crippen LogP contribution in [0, 0.1) is 11.8 Å². The Balaban J connectivity index is 2.14. The van der Waals surface area contributed by atoms with Crippen LogP contribution in [0.5, 0.6) is 0 Å². The Morgan fingerprint density at radius 3 is 2.58 bits per heavy atom. The van der Waals surface area contributed by atoms with Gasteiger partial charge in [-0.2, -0.15) is 0 Å². The fraction of sp³-hybridized carbons (Fsp3) is 0.783. The Morgan fingerprint density at radius 2 is 2.06 bits per heavy atom. The number of nitrogens with zero attached hydrogens (tertiary/aromatic N) is 2. The minimum absolute atomic E-state index is 0.204. The van der Waals surface area contributed by atoms with Crippen molar-refractivity contribution in [1.29, 1.82) is 0 Å². The molecule has 8 heteroatoms. The lowest BCUT2D eigenvalue weighted by Crippen LogP contribution is -2.61. The molecule has 2 unspecified atom stereocenters. The van der Waals surface area contributed by atoms with Gasteiger partial charge in [0.15, 0.2) is 0 Å². The molecule has 0 radical (unpaired) electrons. The van der Waals surface area contributed by atoms with Gasteiger partial charge in [-0.1, -0.05) is 6.08 Å². The number of carbonyl (C=O) groups is 3. The van der Waals surface area contributed by atoms with E-state index in [1.807, 2.05) is 27.7 Å². The summed E-state index contributed by atoms with van der Waals surface area (Å²) >= 11 is 0. The van der Waals surface area contributed by atoms with Crippen molar-refractivity contribution in [3.05, 3.63) is 12.7 Å². The van der Waals surface area contributed by atoms with E-state index in [0.717, 1.165) is 0 Å². The summed E-state index contributed by atoms with van der Waals surface area (Å²) in [7, 11) is 0. The molecule has 0 saturated carbocycles. The van der Waals surface area contributed by atoms with E-state index in [-0.39, 0.29) is 25.0 Å². The number of likely N-dealkylation sites (tertiary alicyclic amines) is 1. The highest BCUT2D eigenvalue weighted by molar-refractivity contribution is 5.99. The van der Waals surface area contributed by atoms with Crippen LogP contribution in [-0.4, -0.2) is 81.3 Å². The lowest BCUT2D eigenvalue weighted by atomic mass is 9.66. The molecule has 3 aliphatic heterocycles. The predicted octanol–water partition coefficient (Wildman–Crippen LogP) is 1.51. The number of carbonyl (C=O) groups excluding carboxylic acids is 3. The summed E-state index contributed by atoms with van der Waals surface area (Å²) in [6.07, 6.45) is 2.71. The normalized spacial score (nSPS) is 35.1. The summed E-state index contributed by atoms with van der Waals surface area (Å²) in [5.41, 5.74) is -2.49. The smallest absolute Gasteiger partial charge is 0.312 e. The molecule has 3 heterocycles. The maximum Gasteiger partial charge on any atom is 0.312 e. The molecule has 8 nitrogen and oxygen atoms in total. The Bertz CT molecular complexity index is 777. The van der Waals surface area contributed by atoms with Crippen LogP contribution in [0.25, 0.3) is 0 Å². The standard InChI is InChI=1S/C23H36N2O6/c1-8-12-24(21(4,5)6)19(28)17-23-11-10-22(7,31-23)16(20(29)30-9-2)15(23)18(27)25(17)14(3)13-26/h8,14-17,26H,1,9-13H2,2-7H3/t14-,15+,16-,17?,22+,23?/m1/s1. The van der Waals surface area contributed by atoms with Crippen molar-refractivity contribution in [3.8, 4) is 0 Å². The fourth-order valence-corrected chi connectivity index (χ4v) is 5.77. The van der Waals surface area contributed by atoms with E-state index in [4.69, 9.17) is 9.47 Å². The van der Waals surface area contributed by atoms with E-state index < -0.39 is 46.6 Å². The fourth-order valence-electron chi connectivity index (χ4n) is 5.77. The third-order valence-electron chi connectivity index (χ3n) is 7.12. The summed E-state index contributed by atoms with van der Waals surface area (Å²) in [6, 6.07) is -1.52. The van der Waals surface area contributed by atoms with Crippen molar-refractivity contribution in [3.63, 3.8) is 0 Å². The number of fused-ring (bicyclic) bond motifs is 1. The second-order valence-corrected chi connectivity index (χ2v) is 10.2. The molecule has 3 rings (SSSR count). The van der Waals surface area contributed by atoms with E-state index in [2.05, 4.69) is 6.58 Å². The number of aliphatic hydroxyl groups excluding tert-OH is 1. The summed E-state index contributed by atoms with van der Waals surface area (Å²) in [6.45, 7) is 15.0. The molecule has 3 fully saturated rings. The zero-order chi connectivity index (χ0) is 23.4. The Labute approximate surface area is 184 Å². The third-order valence-corrected chi connectivity index (χ3v) is 7.12. The van der Waals surface area contributed by atoms with Crippen LogP contribution >= 0.6 is 0 Å². The van der Waals surface area contributed by atoms with E-state index in [1.54, 1.807) is 24.8 Å². The molecular weight excluding hydrogens is 400 g/mol. The van der Waals surface area contributed by atoms with E-state index in [1.165, 1.54) is 4.90 Å². The quantitative estimate of drug-likeness (QED) is 0.480. The van der Waals surface area contributed by atoms with Crippen molar-refractivity contribution >= 4 is 17.8 Å². The van der Waals surface area contributed by atoms with Gasteiger partial charge >= 0.3 is 5.97 Å². The Morgan fingerprint density at radius 1 is 1.42 bits per heavy atom. The van der Waals surface area contributed by atoms with Gasteiger partial charge in [-0.15, -0.1) is 6.58 Å². The third kappa shape index (κ3) is 3.39. The van der Waals surface area contributed by atoms with Gasteiger partial charge < -0.3 is 24.4 Å². The van der Waals surface area contributed by atoms with E-state index in [0.29, 0.717) is 19.4 Å². The van der Waals surface area contributed by atoms with Gasteiger partial charge in [0.2, 0.25) is 11.8 Å². The highest BCUT2D eigenvalue weighted by Gasteiger charge is 2.79. The van der Waals surface area contributed by atoms with Crippen molar-refractivity contribution in [1.82, 2.24) is 9.80 Å². The van der Waals surface area contributed by atoms with Gasteiger partial charge in [0.1, 0.15) is 17.6 Å². The highest BCUT2D eigenvalue weighted by atomic mass is 16.6. The van der Waals surface area contributed by atoms with E-state index in [9.17, 15) is 19.5 Å². The molecule has 174 valence electrons. The molecule has 0 aromatic carbocycles. The first kappa shape index (κ1) is 23.7. The first-order valence-electron chi connectivity index (χ1n) is 11.1. The van der Waals surface area contributed by atoms with Crippen LogP contribution in [0.4, 0.5) is 0 Å². The topological polar surface area (TPSA) is 96.4 Å². The maximum absolute atomic E-state index is 14.0. The number of rotatable bonds is 7. The second-order valence-electron chi connectivity index (χ2n) is 10.2. The van der Waals surface area contributed by atoms with Crippen LogP contribution in [0.3, 0.4) is 0 Å². The van der Waals surface area contributed by atoms with Crippen LogP contribution < -0.4 is 0 Å². The average Bonchev–Trinajstić information content (AvgIpc) is 3.25. The molecule has 31 heavy (non-hydrogen) atoms. The highest BCUT2D eigenvalue weighted by Crippen LogP contribution is 2.63. The maximum atomic E-state index is 14.0. The number of hydrogen-bond acceptors (Lipinski definition) is 6. The Hall–Kier alpha value is -1.93. The molecule has 3 saturated heterocycles. The van der Waals surface area contributed by atoms with E-state index >= 15 is 0 Å². The van der Waals surface area contributed by atoms with Crippen LogP contribution in [0.2, 0.25) is 0 Å². The van der Waals surface area contributed by atoms with Gasteiger partial charge in [0, 0.05) is 12.1 Å². The number of esters is 1. The molecule has 0 aliphatic carbocycles. The zero-order valence-electron chi connectivity index (χ0n) is 19.5. The van der Waals surface area contributed by atoms with Gasteiger partial charge in [-0.3, -0.25) is 14.4 Å². The minimum Gasteiger partial charge on any atom is -0.466 e. The first-order chi connectivity index (χ1) is 14.4. The van der Waals surface area contributed by atoms with Crippen molar-refractivity contribution in [2.75, 3.05) is 19.8 Å². The summed E-state index contributed by atoms with van der Waals surface area (Å²) in [5, 5.41) is 9.89. The number of ether oxygens (including phenoxy) is 2. The second kappa shape index (κ2) is 7.89. The molecular formula is C23H36N2O6. The minimum atomic E-state index is -1.12. The molecule has 0 aromatic heterocycles. The lowest BCUT2D eigenvalue weighted by molar-refractivity contribution is -0.162. The summed E-state index contributed by atoms with van der Waals surface area (Å²) in [5.74, 6) is -2.62. The van der Waals surface area contributed by atoms with Gasteiger partial charge in [0.05, 0.1) is 30.8 Å². The van der Waals surface area contributed by atoms with Crippen LogP contribution in [0.1, 0.15) is 54.4 Å². The summed E-state index contributed by atoms with van der Waals surface area (Å²) in [4.78, 5) is 43.8. The van der Waals surface area contributed by atoms with Gasteiger partial charge in [-0.05, 0) is 54.4 Å². The predicted molar refractivity (Wildman–Crippen MR) is 114 cm³/mol. The van der Waals surface area contributed by atoms with Crippen LogP contribution in [-0.2, 0) is 23.9 Å². The first-order valence-corrected chi connectivity index (χ1v) is 11.1. The Kier molecular flexibility index (Phi) is 6.04. The lowest BCUT2D eigenvalue weighted by Gasteiger charge is -2.43. The van der Waals surface area contributed by atoms with Crippen molar-refractivity contribution < 1.29 is 29.0 Å². The number of aliphatic hydroxyl groups is 1. The zero-order valence-corrected chi connectivity index (χ0v) is 19.5. The van der Waals surface area contributed by atoms with Crippen LogP contribution in [0.15, 0.2) is 12.7 Å². The number of hydrogen-bond donors (Lipinski definition) is 1. The van der Waals surface area contributed by atoms with Crippen molar-refractivity contribution in [2.45, 2.75) is 83.2 Å². The monoisotopic (exact) mass is 436 g/mol. The molecule has 2 amide bonds. The largest absolute Gasteiger partial charge is 0.466 e. The SMILES string of the molecule is C=CCN(C(=O)C1N([C@H](C)CO)C(=O)[C@@H]2[C@H](C(=O)OCC)[C@]3(C)CCC12O3)C(C)(C)C.